The minimum Gasteiger partial charge on any atom is -0.493 e. The van der Waals surface area contributed by atoms with Crippen LogP contribution in [0.1, 0.15) is 41.6 Å². The van der Waals surface area contributed by atoms with Crippen LogP contribution in [-0.4, -0.2) is 36.9 Å². The van der Waals surface area contributed by atoms with Gasteiger partial charge in [0.05, 0.1) is 12.2 Å². The van der Waals surface area contributed by atoms with E-state index >= 15 is 0 Å². The van der Waals surface area contributed by atoms with Gasteiger partial charge in [-0.3, -0.25) is 4.79 Å². The summed E-state index contributed by atoms with van der Waals surface area (Å²) in [6, 6.07) is 13.7. The molecule has 0 spiro atoms. The number of benzene rings is 2. The molecule has 0 radical (unpaired) electrons. The Morgan fingerprint density at radius 3 is 2.31 bits per heavy atom. The van der Waals surface area contributed by atoms with Gasteiger partial charge in [-0.15, -0.1) is 24.8 Å². The van der Waals surface area contributed by atoms with E-state index in [-0.39, 0.29) is 30.6 Å². The van der Waals surface area contributed by atoms with Crippen molar-refractivity contribution in [2.45, 2.75) is 25.7 Å². The quantitative estimate of drug-likeness (QED) is 0.571. The summed E-state index contributed by atoms with van der Waals surface area (Å²) in [5, 5.41) is 0. The Balaban J connectivity index is 0.00000121. The van der Waals surface area contributed by atoms with Crippen LogP contribution in [0.3, 0.4) is 0 Å². The van der Waals surface area contributed by atoms with E-state index in [1.807, 2.05) is 42.5 Å². The molecule has 140 valence electrons. The SMILES string of the molecule is Cl.Cl.O=C1c2ccccc2-c2cccc(OCCCN3CCCCC3)c21. The van der Waals surface area contributed by atoms with E-state index in [1.165, 1.54) is 32.4 Å². The zero-order valence-corrected chi connectivity index (χ0v) is 16.4. The molecule has 2 aliphatic rings. The van der Waals surface area contributed by atoms with Crippen molar-refractivity contribution in [2.75, 3.05) is 26.2 Å². The Labute approximate surface area is 167 Å². The third-order valence-electron chi connectivity index (χ3n) is 5.04. The van der Waals surface area contributed by atoms with Crippen LogP contribution in [0.25, 0.3) is 11.1 Å². The first kappa shape index (κ1) is 20.8. The molecule has 0 bridgehead atoms. The summed E-state index contributed by atoms with van der Waals surface area (Å²) >= 11 is 0. The van der Waals surface area contributed by atoms with Gasteiger partial charge in [0, 0.05) is 12.1 Å². The van der Waals surface area contributed by atoms with Gasteiger partial charge in [0.25, 0.3) is 0 Å². The number of hydrogen-bond acceptors (Lipinski definition) is 3. The highest BCUT2D eigenvalue weighted by Crippen LogP contribution is 2.40. The number of nitrogens with zero attached hydrogens (tertiary/aromatic N) is 1. The molecule has 1 aliphatic heterocycles. The molecule has 1 heterocycles. The van der Waals surface area contributed by atoms with Gasteiger partial charge in [-0.2, -0.15) is 0 Å². The molecule has 2 aromatic carbocycles. The van der Waals surface area contributed by atoms with Crippen molar-refractivity contribution in [1.82, 2.24) is 4.90 Å². The number of hydrogen-bond donors (Lipinski definition) is 0. The zero-order valence-electron chi connectivity index (χ0n) is 14.8. The zero-order chi connectivity index (χ0) is 16.4. The molecule has 1 saturated heterocycles. The molecule has 1 aliphatic carbocycles. The first-order chi connectivity index (χ1) is 11.8. The average Bonchev–Trinajstić information content (AvgIpc) is 2.94. The maximum Gasteiger partial charge on any atom is 0.198 e. The molecule has 0 unspecified atom stereocenters. The minimum absolute atomic E-state index is 0. The van der Waals surface area contributed by atoms with Gasteiger partial charge in [-0.25, -0.2) is 0 Å². The fourth-order valence-electron chi connectivity index (χ4n) is 3.81. The van der Waals surface area contributed by atoms with Gasteiger partial charge in [0.1, 0.15) is 5.75 Å². The summed E-state index contributed by atoms with van der Waals surface area (Å²) in [5.74, 6) is 0.819. The van der Waals surface area contributed by atoms with Gasteiger partial charge >= 0.3 is 0 Å². The number of carbonyl (C=O) groups is 1. The van der Waals surface area contributed by atoms with Crippen LogP contribution in [0.2, 0.25) is 0 Å². The predicted octanol–water partition coefficient (Wildman–Crippen LogP) is 5.00. The first-order valence-corrected chi connectivity index (χ1v) is 8.97. The van der Waals surface area contributed by atoms with Crippen LogP contribution in [0, 0.1) is 0 Å². The van der Waals surface area contributed by atoms with E-state index in [4.69, 9.17) is 4.74 Å². The third kappa shape index (κ3) is 4.06. The second-order valence-corrected chi connectivity index (χ2v) is 6.66. The summed E-state index contributed by atoms with van der Waals surface area (Å²) in [6.45, 7) is 4.18. The maximum atomic E-state index is 12.7. The van der Waals surface area contributed by atoms with Crippen molar-refractivity contribution in [3.63, 3.8) is 0 Å². The number of fused-ring (bicyclic) bond motifs is 3. The van der Waals surface area contributed by atoms with E-state index in [2.05, 4.69) is 4.90 Å². The van der Waals surface area contributed by atoms with Gasteiger partial charge in [-0.05, 0) is 49.5 Å². The van der Waals surface area contributed by atoms with Crippen molar-refractivity contribution in [1.29, 1.82) is 0 Å². The molecule has 1 fully saturated rings. The van der Waals surface area contributed by atoms with Gasteiger partial charge in [0.15, 0.2) is 5.78 Å². The third-order valence-corrected chi connectivity index (χ3v) is 5.04. The van der Waals surface area contributed by atoms with Crippen molar-refractivity contribution in [3.05, 3.63) is 53.6 Å². The fourth-order valence-corrected chi connectivity index (χ4v) is 3.81. The number of rotatable bonds is 5. The Kier molecular flexibility index (Phi) is 7.51. The topological polar surface area (TPSA) is 29.5 Å². The van der Waals surface area contributed by atoms with Crippen molar-refractivity contribution >= 4 is 30.6 Å². The lowest BCUT2D eigenvalue weighted by molar-refractivity contribution is 0.103. The second-order valence-electron chi connectivity index (χ2n) is 6.66. The monoisotopic (exact) mass is 393 g/mol. The number of piperidine rings is 1. The molecular formula is C21H25Cl2NO2. The Morgan fingerprint density at radius 2 is 1.54 bits per heavy atom. The second kappa shape index (κ2) is 9.40. The molecule has 0 amide bonds. The summed E-state index contributed by atoms with van der Waals surface area (Å²) in [4.78, 5) is 15.2. The summed E-state index contributed by atoms with van der Waals surface area (Å²) in [6.07, 6.45) is 5.01. The van der Waals surface area contributed by atoms with Crippen LogP contribution in [0.5, 0.6) is 5.75 Å². The molecule has 0 saturated carbocycles. The van der Waals surface area contributed by atoms with Crippen LogP contribution >= 0.6 is 24.8 Å². The molecule has 0 atom stereocenters. The standard InChI is InChI=1S/C21H23NO2.2ClH/c23-21-18-9-3-2-8-16(18)17-10-6-11-19(20(17)21)24-15-7-14-22-12-4-1-5-13-22;;/h2-3,6,8-11H,1,4-5,7,12-15H2;2*1H. The summed E-state index contributed by atoms with van der Waals surface area (Å²) in [7, 11) is 0. The molecule has 0 aromatic heterocycles. The molecule has 5 heteroatoms. The highest BCUT2D eigenvalue weighted by Gasteiger charge is 2.29. The Morgan fingerprint density at radius 1 is 0.846 bits per heavy atom. The Hall–Kier alpha value is -1.55. The van der Waals surface area contributed by atoms with Gasteiger partial charge < -0.3 is 9.64 Å². The number of ketones is 1. The number of likely N-dealkylation sites (tertiary alicyclic amines) is 1. The largest absolute Gasteiger partial charge is 0.493 e. The first-order valence-electron chi connectivity index (χ1n) is 8.97. The van der Waals surface area contributed by atoms with Crippen LogP contribution in [0.15, 0.2) is 42.5 Å². The molecular weight excluding hydrogens is 369 g/mol. The minimum atomic E-state index is 0. The number of ether oxygens (including phenoxy) is 1. The normalized spacial score (nSPS) is 15.5. The average molecular weight is 394 g/mol. The van der Waals surface area contributed by atoms with Crippen LogP contribution in [-0.2, 0) is 0 Å². The fraction of sp³-hybridized carbons (Fsp3) is 0.381. The predicted molar refractivity (Wildman–Crippen MR) is 110 cm³/mol. The van der Waals surface area contributed by atoms with Gasteiger partial charge in [-0.1, -0.05) is 42.8 Å². The van der Waals surface area contributed by atoms with E-state index in [0.717, 1.165) is 41.0 Å². The number of halogens is 2. The van der Waals surface area contributed by atoms with E-state index in [1.54, 1.807) is 0 Å². The lowest BCUT2D eigenvalue weighted by atomic mass is 10.1. The smallest absolute Gasteiger partial charge is 0.198 e. The highest BCUT2D eigenvalue weighted by atomic mass is 35.5. The van der Waals surface area contributed by atoms with Gasteiger partial charge in [0.2, 0.25) is 0 Å². The highest BCUT2D eigenvalue weighted by molar-refractivity contribution is 6.23. The summed E-state index contributed by atoms with van der Waals surface area (Å²) < 4.78 is 5.99. The maximum absolute atomic E-state index is 12.7. The number of carbonyl (C=O) groups excluding carboxylic acids is 1. The molecule has 2 aromatic rings. The van der Waals surface area contributed by atoms with E-state index in [9.17, 15) is 4.79 Å². The van der Waals surface area contributed by atoms with Crippen LogP contribution < -0.4 is 4.74 Å². The molecule has 4 rings (SSSR count). The van der Waals surface area contributed by atoms with Crippen LogP contribution in [0.4, 0.5) is 0 Å². The Bertz CT molecular complexity index is 757. The van der Waals surface area contributed by atoms with Crippen molar-refractivity contribution in [2.24, 2.45) is 0 Å². The lowest BCUT2D eigenvalue weighted by Gasteiger charge is -2.26. The summed E-state index contributed by atoms with van der Waals surface area (Å²) in [5.41, 5.74) is 3.55. The molecule has 26 heavy (non-hydrogen) atoms. The van der Waals surface area contributed by atoms with Crippen molar-refractivity contribution < 1.29 is 9.53 Å². The van der Waals surface area contributed by atoms with E-state index < -0.39 is 0 Å². The molecule has 0 N–H and O–H groups in total. The van der Waals surface area contributed by atoms with Crippen molar-refractivity contribution in [3.8, 4) is 16.9 Å². The lowest BCUT2D eigenvalue weighted by Crippen LogP contribution is -2.31. The molecule has 3 nitrogen and oxygen atoms in total. The van der Waals surface area contributed by atoms with E-state index in [0.29, 0.717) is 6.61 Å².